The van der Waals surface area contributed by atoms with Crippen LogP contribution in [0.1, 0.15) is 121 Å². The van der Waals surface area contributed by atoms with E-state index < -0.39 is 96.0 Å². The van der Waals surface area contributed by atoms with E-state index in [1.165, 1.54) is 14.0 Å². The molecule has 0 saturated carbocycles. The summed E-state index contributed by atoms with van der Waals surface area (Å²) in [6, 6.07) is -1.22. The molecule has 0 spiro atoms. The minimum absolute atomic E-state index is 0.108. The number of unbranched alkanes of at least 4 members (excludes halogenated alkanes) is 1. The maximum Gasteiger partial charge on any atom is 0.314 e. The number of nitrogens with zero attached hydrogens (tertiary/aromatic N) is 2. The number of carbonyl (C=O) groups is 2. The highest BCUT2D eigenvalue weighted by molar-refractivity contribution is 5.73. The number of methoxy groups -OCH3 is 1. The van der Waals surface area contributed by atoms with E-state index in [1.54, 1.807) is 34.6 Å². The summed E-state index contributed by atoms with van der Waals surface area (Å²) in [6.45, 7) is 21.3. The van der Waals surface area contributed by atoms with E-state index in [2.05, 4.69) is 17.6 Å². The third-order valence-corrected chi connectivity index (χ3v) is 13.8. The lowest BCUT2D eigenvalue weighted by atomic mass is 9.77. The molecule has 0 aromatic rings. The third kappa shape index (κ3) is 13.9. The van der Waals surface area contributed by atoms with Gasteiger partial charge in [-0.05, 0) is 101 Å². The summed E-state index contributed by atoms with van der Waals surface area (Å²) in [4.78, 5) is 30.8. The van der Waals surface area contributed by atoms with Gasteiger partial charge in [-0.1, -0.05) is 34.1 Å². The lowest BCUT2D eigenvalue weighted by Gasteiger charge is -2.48. The fourth-order valence-corrected chi connectivity index (χ4v) is 9.82. The van der Waals surface area contributed by atoms with Gasteiger partial charge in [-0.15, -0.1) is 0 Å². The van der Waals surface area contributed by atoms with Crippen LogP contribution in [0, 0.1) is 17.8 Å². The molecule has 3 rings (SSSR count). The van der Waals surface area contributed by atoms with Crippen molar-refractivity contribution in [2.24, 2.45) is 17.8 Å². The number of ether oxygens (including phenoxy) is 6. The molecule has 3 fully saturated rings. The van der Waals surface area contributed by atoms with Gasteiger partial charge in [0.05, 0.1) is 41.5 Å². The highest BCUT2D eigenvalue weighted by Crippen LogP contribution is 2.40. The summed E-state index contributed by atoms with van der Waals surface area (Å²) in [7, 11) is 5.26. The SMILES string of the molecule is CCCCNC(=O)NCCCN1C[C@H](C)C[C@@](C)(O)[C@H](O[C@@H]2O[C@H](C)C[C@H](N(C)C)[C@H]2O)[C@@H](C)[C@H](O[C@H]2C[C@@](C)(OC)[C@@H](O)[C@H](C)O2)[C@@H](C)C(=O)O[C@H](CC)[C@@](C)(O)[C@H](O)[C@H]1C. The molecule has 0 bridgehead atoms. The summed E-state index contributed by atoms with van der Waals surface area (Å²) in [5.74, 6) is -2.82. The number of cyclic esters (lactones) is 1. The second-order valence-electron chi connectivity index (χ2n) is 19.6. The Labute approximate surface area is 371 Å². The number of nitrogens with one attached hydrogen (secondary N) is 2. The molecule has 0 unspecified atom stereocenters. The maximum absolute atomic E-state index is 14.5. The molecule has 17 heteroatoms. The van der Waals surface area contributed by atoms with Crippen molar-refractivity contribution in [1.29, 1.82) is 0 Å². The van der Waals surface area contributed by atoms with Crippen molar-refractivity contribution in [2.75, 3.05) is 47.4 Å². The summed E-state index contributed by atoms with van der Waals surface area (Å²) >= 11 is 0. The largest absolute Gasteiger partial charge is 0.459 e. The van der Waals surface area contributed by atoms with Crippen molar-refractivity contribution < 1.29 is 63.5 Å². The van der Waals surface area contributed by atoms with Crippen molar-refractivity contribution in [2.45, 2.75) is 211 Å². The van der Waals surface area contributed by atoms with Gasteiger partial charge < -0.3 is 69.5 Å². The normalized spacial score (nSPS) is 43.4. The quantitative estimate of drug-likeness (QED) is 0.0985. The van der Waals surface area contributed by atoms with Crippen LogP contribution in [0.25, 0.3) is 0 Å². The molecule has 0 aromatic carbocycles. The van der Waals surface area contributed by atoms with Crippen LogP contribution in [-0.2, 0) is 33.2 Å². The lowest BCUT2D eigenvalue weighted by Crippen LogP contribution is -2.60. The number of esters is 1. The summed E-state index contributed by atoms with van der Waals surface area (Å²) < 4.78 is 37.9. The Morgan fingerprint density at radius 3 is 2.13 bits per heavy atom. The first-order valence-electron chi connectivity index (χ1n) is 23.1. The van der Waals surface area contributed by atoms with E-state index in [0.29, 0.717) is 39.0 Å². The fraction of sp³-hybridized carbons (Fsp3) is 0.956. The third-order valence-electron chi connectivity index (χ3n) is 13.8. The van der Waals surface area contributed by atoms with Gasteiger partial charge in [0.25, 0.3) is 0 Å². The van der Waals surface area contributed by atoms with Crippen molar-refractivity contribution in [3.63, 3.8) is 0 Å². The Morgan fingerprint density at radius 1 is 0.919 bits per heavy atom. The van der Waals surface area contributed by atoms with Gasteiger partial charge in [0.2, 0.25) is 0 Å². The Morgan fingerprint density at radius 2 is 1.55 bits per heavy atom. The predicted octanol–water partition coefficient (Wildman–Crippen LogP) is 2.76. The smallest absolute Gasteiger partial charge is 0.314 e. The van der Waals surface area contributed by atoms with E-state index in [0.717, 1.165) is 12.8 Å². The monoisotopic (exact) mass is 891 g/mol. The van der Waals surface area contributed by atoms with Crippen LogP contribution in [-0.4, -0.2) is 185 Å². The van der Waals surface area contributed by atoms with E-state index in [-0.39, 0.29) is 43.4 Å². The Balaban J connectivity index is 2.13. The van der Waals surface area contributed by atoms with Crippen molar-refractivity contribution in [3.8, 4) is 0 Å². The van der Waals surface area contributed by atoms with Crippen molar-refractivity contribution in [3.05, 3.63) is 0 Å². The molecular weight excluding hydrogens is 805 g/mol. The second kappa shape index (κ2) is 23.6. The fourth-order valence-electron chi connectivity index (χ4n) is 9.82. The number of rotatable bonds is 14. The Bertz CT molecular complexity index is 1380. The van der Waals surface area contributed by atoms with Gasteiger partial charge in [0, 0.05) is 57.7 Å². The predicted molar refractivity (Wildman–Crippen MR) is 234 cm³/mol. The topological polar surface area (TPSA) is 221 Å². The van der Waals surface area contributed by atoms with Crippen LogP contribution < -0.4 is 10.6 Å². The molecule has 3 aliphatic heterocycles. The van der Waals surface area contributed by atoms with E-state index >= 15 is 0 Å². The minimum Gasteiger partial charge on any atom is -0.459 e. The van der Waals surface area contributed by atoms with Crippen LogP contribution in [0.5, 0.6) is 0 Å². The zero-order chi connectivity index (χ0) is 46.9. The van der Waals surface area contributed by atoms with Crippen LogP contribution in [0.3, 0.4) is 0 Å². The first-order valence-corrected chi connectivity index (χ1v) is 23.1. The molecule has 7 N–H and O–H groups in total. The molecule has 364 valence electrons. The first-order chi connectivity index (χ1) is 28.8. The van der Waals surface area contributed by atoms with Crippen LogP contribution in [0.15, 0.2) is 0 Å². The highest BCUT2D eigenvalue weighted by atomic mass is 16.7. The molecule has 3 aliphatic rings. The molecule has 2 amide bonds. The molecule has 0 aromatic heterocycles. The molecule has 3 heterocycles. The molecule has 3 saturated heterocycles. The van der Waals surface area contributed by atoms with Crippen molar-refractivity contribution >= 4 is 12.0 Å². The number of urea groups is 1. The van der Waals surface area contributed by atoms with Gasteiger partial charge in [-0.2, -0.15) is 0 Å². The minimum atomic E-state index is -1.89. The number of aliphatic hydroxyl groups is 5. The molecule has 0 aliphatic carbocycles. The van der Waals surface area contributed by atoms with Gasteiger partial charge >= 0.3 is 12.0 Å². The first kappa shape index (κ1) is 54.6. The zero-order valence-corrected chi connectivity index (χ0v) is 40.3. The average Bonchev–Trinajstić information content (AvgIpc) is 3.20. The Kier molecular flexibility index (Phi) is 20.8. The van der Waals surface area contributed by atoms with Gasteiger partial charge in [-0.25, -0.2) is 4.79 Å². The second-order valence-corrected chi connectivity index (χ2v) is 19.6. The number of hydrogen-bond acceptors (Lipinski definition) is 15. The number of hydrogen-bond donors (Lipinski definition) is 7. The van der Waals surface area contributed by atoms with E-state index in [4.69, 9.17) is 28.4 Å². The number of aliphatic hydroxyl groups excluding tert-OH is 3. The molecule has 18 atom stereocenters. The Hall–Kier alpha value is -1.74. The van der Waals surface area contributed by atoms with Gasteiger partial charge in [0.15, 0.2) is 12.6 Å². The standard InChI is InChI=1S/C45H86N4O13/c1-15-17-19-46-42(54)47-20-18-21-49-25-26(3)23-43(9,55)39(62-41-35(50)32(48(12)13)22-27(4)58-41)28(5)36(61-34-24-44(10,57-14)38(52)31(8)59-34)29(6)40(53)60-33(16-2)45(11,56)37(51)30(49)7/h26-39,41,50-52,55-56H,15-25H2,1-14H3,(H2,46,47,54)/t26-,27-,28+,29-,30-,31+,32+,33-,34+,35-,36+,37-,38+,39-,41+,43-,44-,45-/m1/s1. The van der Waals surface area contributed by atoms with Gasteiger partial charge in [-0.3, -0.25) is 9.69 Å². The van der Waals surface area contributed by atoms with E-state index in [9.17, 15) is 35.1 Å². The van der Waals surface area contributed by atoms with Crippen LogP contribution >= 0.6 is 0 Å². The molecule has 0 radical (unpaired) electrons. The van der Waals surface area contributed by atoms with Crippen LogP contribution in [0.4, 0.5) is 4.79 Å². The summed E-state index contributed by atoms with van der Waals surface area (Å²) in [5, 5.41) is 65.3. The van der Waals surface area contributed by atoms with Crippen molar-refractivity contribution in [1.82, 2.24) is 20.4 Å². The van der Waals surface area contributed by atoms with Gasteiger partial charge in [0.1, 0.15) is 30.0 Å². The molecule has 62 heavy (non-hydrogen) atoms. The number of likely N-dealkylation sites (N-methyl/N-ethyl adjacent to an activating group) is 1. The zero-order valence-electron chi connectivity index (χ0n) is 40.3. The summed E-state index contributed by atoms with van der Waals surface area (Å²) in [5.41, 5.74) is -4.58. The highest BCUT2D eigenvalue weighted by Gasteiger charge is 2.53. The molecular formula is C45H86N4O13. The number of carbonyl (C=O) groups excluding carboxylic acids is 2. The molecule has 17 nitrogen and oxygen atoms in total. The lowest BCUT2D eigenvalue weighted by molar-refractivity contribution is -0.318. The summed E-state index contributed by atoms with van der Waals surface area (Å²) in [6.07, 6.45) is -6.48. The maximum atomic E-state index is 14.5. The number of amides is 2. The average molecular weight is 891 g/mol. The van der Waals surface area contributed by atoms with E-state index in [1.807, 2.05) is 51.6 Å². The van der Waals surface area contributed by atoms with Crippen LogP contribution in [0.2, 0.25) is 0 Å².